The molecule has 0 amide bonds. The Morgan fingerprint density at radius 1 is 1.80 bits per heavy atom. The molecule has 0 aromatic rings. The fourth-order valence-corrected chi connectivity index (χ4v) is 0. The quantitative estimate of drug-likeness (QED) is 0.269. The summed E-state index contributed by atoms with van der Waals surface area (Å²) in [5.41, 5.74) is 0. The predicted molar refractivity (Wildman–Crippen MR) is 14.5 cm³/mol. The van der Waals surface area contributed by atoms with Crippen molar-refractivity contribution in [2.45, 2.75) is 0 Å². The fraction of sp³-hybridized carbons (Fsp3) is 0. The molecule has 0 aromatic carbocycles. The van der Waals surface area contributed by atoms with E-state index in [-0.39, 0.29) is 6.15 Å². The molecule has 0 aliphatic heterocycles. The summed E-state index contributed by atoms with van der Waals surface area (Å²) < 4.78 is 0. The summed E-state index contributed by atoms with van der Waals surface area (Å²) >= 11 is 0. The molecule has 0 unspecified atom stereocenters. The Morgan fingerprint density at radius 2 is 2.00 bits per heavy atom. The van der Waals surface area contributed by atoms with E-state index in [1.165, 1.54) is 0 Å². The van der Waals surface area contributed by atoms with E-state index < -0.39 is 0 Å². The molecule has 0 saturated heterocycles. The molecule has 0 saturated carbocycles. The standard InChI is InChI=1S/HNO3.H3N/c2-1-4-3;/h3H;1H3. The van der Waals surface area contributed by atoms with Crippen molar-refractivity contribution in [3.05, 3.63) is 4.91 Å². The van der Waals surface area contributed by atoms with Gasteiger partial charge in [-0.1, -0.05) is 0 Å². The van der Waals surface area contributed by atoms with Crippen molar-refractivity contribution in [2.75, 3.05) is 0 Å². The van der Waals surface area contributed by atoms with Crippen molar-refractivity contribution >= 4 is 0 Å². The lowest BCUT2D eigenvalue weighted by Crippen LogP contribution is -1.56. The Hall–Kier alpha value is -0.680. The van der Waals surface area contributed by atoms with E-state index >= 15 is 0 Å². The molecule has 0 heterocycles. The molecule has 0 rings (SSSR count). The topological polar surface area (TPSA) is 93.9 Å². The van der Waals surface area contributed by atoms with Crippen LogP contribution in [0.5, 0.6) is 0 Å². The lowest BCUT2D eigenvalue weighted by molar-refractivity contribution is -0.245. The van der Waals surface area contributed by atoms with Crippen molar-refractivity contribution < 1.29 is 10.2 Å². The highest BCUT2D eigenvalue weighted by Gasteiger charge is 1.47. The summed E-state index contributed by atoms with van der Waals surface area (Å²) in [5, 5.41) is 8.44. The molecule has 32 valence electrons. The van der Waals surface area contributed by atoms with Gasteiger partial charge in [-0.15, -0.1) is 4.91 Å². The van der Waals surface area contributed by atoms with Gasteiger partial charge >= 0.3 is 0 Å². The molecule has 5 heavy (non-hydrogen) atoms. The largest absolute Gasteiger partial charge is 0.344 e. The number of hydrogen-bond acceptors (Lipinski definition) is 5. The zero-order chi connectivity index (χ0) is 3.41. The van der Waals surface area contributed by atoms with E-state index in [9.17, 15) is 0 Å². The molecule has 0 aliphatic carbocycles. The highest BCUT2D eigenvalue weighted by molar-refractivity contribution is 3.86. The van der Waals surface area contributed by atoms with Gasteiger partial charge in [-0.2, -0.15) is 10.2 Å². The Balaban J connectivity index is 0. The number of rotatable bonds is 1. The van der Waals surface area contributed by atoms with E-state index in [1.807, 2.05) is 0 Å². The highest BCUT2D eigenvalue weighted by atomic mass is 17.2. The summed E-state index contributed by atoms with van der Waals surface area (Å²) in [6, 6.07) is 0. The van der Waals surface area contributed by atoms with Crippen molar-refractivity contribution in [2.24, 2.45) is 5.34 Å². The van der Waals surface area contributed by atoms with E-state index in [4.69, 9.17) is 10.2 Å². The third-order valence-electron chi connectivity index (χ3n) is 0.0333. The molecule has 0 atom stereocenters. The molecule has 0 aromatic heterocycles. The summed E-state index contributed by atoms with van der Waals surface area (Å²) in [7, 11) is 0. The van der Waals surface area contributed by atoms with Crippen molar-refractivity contribution in [1.29, 1.82) is 0 Å². The van der Waals surface area contributed by atoms with Gasteiger partial charge in [-0.05, 0) is 0 Å². The van der Waals surface area contributed by atoms with Gasteiger partial charge in [0.2, 0.25) is 0 Å². The molecule has 5 nitrogen and oxygen atoms in total. The van der Waals surface area contributed by atoms with Gasteiger partial charge < -0.3 is 6.15 Å². The van der Waals surface area contributed by atoms with Crippen molar-refractivity contribution in [3.8, 4) is 0 Å². The first-order valence-corrected chi connectivity index (χ1v) is 0.548. The van der Waals surface area contributed by atoms with Crippen LogP contribution in [0.2, 0.25) is 0 Å². The van der Waals surface area contributed by atoms with Crippen LogP contribution in [-0.4, -0.2) is 5.26 Å². The maximum absolute atomic E-state index is 8.45. The highest BCUT2D eigenvalue weighted by Crippen LogP contribution is 1.51. The van der Waals surface area contributed by atoms with Crippen LogP contribution in [0.3, 0.4) is 0 Å². The molecular formula is H4N2O3. The fourth-order valence-electron chi connectivity index (χ4n) is 0. The van der Waals surface area contributed by atoms with Crippen LogP contribution in [0.15, 0.2) is 5.34 Å². The Kier molecular flexibility index (Phi) is 18.1. The molecular weight excluding hydrogens is 76.0 g/mol. The normalized spacial score (nSPS) is 4.20. The van der Waals surface area contributed by atoms with Gasteiger partial charge in [0.1, 0.15) is 0 Å². The van der Waals surface area contributed by atoms with Crippen LogP contribution < -0.4 is 6.15 Å². The summed E-state index contributed by atoms with van der Waals surface area (Å²) in [5.74, 6) is 0. The zero-order valence-corrected chi connectivity index (χ0v) is 2.42. The maximum Gasteiger partial charge on any atom is 0.190 e. The van der Waals surface area contributed by atoms with Gasteiger partial charge in [-0.3, -0.25) is 0 Å². The minimum absolute atomic E-state index is 0. The summed E-state index contributed by atoms with van der Waals surface area (Å²) in [4.78, 5) is 11.1. The zero-order valence-electron chi connectivity index (χ0n) is 2.42. The first-order valence-electron chi connectivity index (χ1n) is 0.548. The maximum atomic E-state index is 8.45. The Labute approximate surface area is 28.0 Å². The van der Waals surface area contributed by atoms with Gasteiger partial charge in [0.05, 0.1) is 0 Å². The van der Waals surface area contributed by atoms with Gasteiger partial charge in [0.15, 0.2) is 5.34 Å². The molecule has 0 radical (unpaired) electrons. The average Bonchev–Trinajstić information content (AvgIpc) is 1.37. The van der Waals surface area contributed by atoms with Crippen molar-refractivity contribution in [1.82, 2.24) is 6.15 Å². The Morgan fingerprint density at radius 3 is 2.00 bits per heavy atom. The van der Waals surface area contributed by atoms with Gasteiger partial charge in [0.25, 0.3) is 0 Å². The third-order valence-corrected chi connectivity index (χ3v) is 0.0333. The third kappa shape index (κ3) is 56.5. The van der Waals surface area contributed by atoms with Crippen LogP contribution in [0.25, 0.3) is 0 Å². The summed E-state index contributed by atoms with van der Waals surface area (Å²) in [6.45, 7) is 0. The minimum atomic E-state index is 0. The lowest BCUT2D eigenvalue weighted by Gasteiger charge is -1.59. The first-order chi connectivity index (χ1) is 1.91. The smallest absolute Gasteiger partial charge is 0.190 e. The molecule has 0 fully saturated rings. The van der Waals surface area contributed by atoms with E-state index in [0.717, 1.165) is 0 Å². The predicted octanol–water partition coefficient (Wildman–Crippen LogP) is 0.319. The van der Waals surface area contributed by atoms with Crippen LogP contribution in [-0.2, 0) is 4.99 Å². The minimum Gasteiger partial charge on any atom is -0.344 e. The number of hydrogen-bond donors (Lipinski definition) is 2. The van der Waals surface area contributed by atoms with Crippen LogP contribution in [0, 0.1) is 4.91 Å². The van der Waals surface area contributed by atoms with E-state index in [0.29, 0.717) is 0 Å². The molecule has 0 aliphatic rings. The second-order valence-electron chi connectivity index (χ2n) is 0.156. The molecule has 4 N–H and O–H groups in total. The van der Waals surface area contributed by atoms with Gasteiger partial charge in [-0.25, -0.2) is 0 Å². The second-order valence-corrected chi connectivity index (χ2v) is 0.156. The number of nitrogens with zero attached hydrogens (tertiary/aromatic N) is 1. The molecule has 0 spiro atoms. The monoisotopic (exact) mass is 80.0 g/mol. The van der Waals surface area contributed by atoms with Crippen LogP contribution in [0.4, 0.5) is 0 Å². The van der Waals surface area contributed by atoms with E-state index in [2.05, 4.69) is 4.99 Å². The first kappa shape index (κ1) is 8.85. The molecule has 5 heteroatoms. The lowest BCUT2D eigenvalue weighted by atomic mass is 13.4. The van der Waals surface area contributed by atoms with Crippen molar-refractivity contribution in [3.63, 3.8) is 0 Å². The second kappa shape index (κ2) is 10.3. The van der Waals surface area contributed by atoms with Gasteiger partial charge in [0, 0.05) is 0 Å². The van der Waals surface area contributed by atoms with Crippen LogP contribution >= 0.6 is 0 Å². The Bertz CT molecular complexity index is 18.9. The van der Waals surface area contributed by atoms with E-state index in [1.54, 1.807) is 5.34 Å². The van der Waals surface area contributed by atoms with Crippen LogP contribution in [0.1, 0.15) is 0 Å². The summed E-state index contributed by atoms with van der Waals surface area (Å²) in [6.07, 6.45) is 0. The average molecular weight is 80.0 g/mol. The molecule has 0 bridgehead atoms. The SMILES string of the molecule is N.O=NOO.